The van der Waals surface area contributed by atoms with Crippen molar-refractivity contribution >= 4 is 34.5 Å². The minimum Gasteiger partial charge on any atom is -0.465 e. The van der Waals surface area contributed by atoms with E-state index in [9.17, 15) is 9.59 Å². The largest absolute Gasteiger partial charge is 0.465 e. The summed E-state index contributed by atoms with van der Waals surface area (Å²) in [5, 5.41) is 19.9. The van der Waals surface area contributed by atoms with Crippen molar-refractivity contribution in [2.45, 2.75) is 32.6 Å². The first-order chi connectivity index (χ1) is 16.4. The Morgan fingerprint density at radius 2 is 1.97 bits per heavy atom. The number of hydrogen-bond acceptors (Lipinski definition) is 4. The van der Waals surface area contributed by atoms with E-state index in [1.54, 1.807) is 31.2 Å². The van der Waals surface area contributed by atoms with E-state index in [-0.39, 0.29) is 0 Å². The molecule has 4 aromatic rings. The summed E-state index contributed by atoms with van der Waals surface area (Å²) >= 11 is 6.10. The number of amides is 2. The summed E-state index contributed by atoms with van der Waals surface area (Å²) in [7, 11) is 0. The van der Waals surface area contributed by atoms with Crippen LogP contribution in [0.4, 0.5) is 4.79 Å². The highest BCUT2D eigenvalue weighted by molar-refractivity contribution is 6.31. The lowest BCUT2D eigenvalue weighted by molar-refractivity contribution is -0.121. The van der Waals surface area contributed by atoms with Crippen LogP contribution < -0.4 is 10.1 Å². The van der Waals surface area contributed by atoms with E-state index in [4.69, 9.17) is 21.4 Å². The molecule has 0 radical (unpaired) electrons. The van der Waals surface area contributed by atoms with Gasteiger partial charge in [-0.2, -0.15) is 5.10 Å². The summed E-state index contributed by atoms with van der Waals surface area (Å²) < 4.78 is 6.20. The number of carboxylic acid groups (broad SMARTS) is 1. The van der Waals surface area contributed by atoms with Gasteiger partial charge in [-0.3, -0.25) is 15.2 Å². The summed E-state index contributed by atoms with van der Waals surface area (Å²) in [4.78, 5) is 22.9. The van der Waals surface area contributed by atoms with Gasteiger partial charge in [0.1, 0.15) is 11.5 Å². The zero-order valence-electron chi connectivity index (χ0n) is 18.8. The Morgan fingerprint density at radius 1 is 1.15 bits per heavy atom. The summed E-state index contributed by atoms with van der Waals surface area (Å²) in [5.41, 5.74) is 4.38. The van der Waals surface area contributed by atoms with Gasteiger partial charge in [0.2, 0.25) is 5.91 Å². The van der Waals surface area contributed by atoms with Crippen molar-refractivity contribution < 1.29 is 19.4 Å². The molecule has 0 bridgehead atoms. The number of nitrogens with zero attached hydrogens (tertiary/aromatic N) is 1. The van der Waals surface area contributed by atoms with Gasteiger partial charge in [0.25, 0.3) is 0 Å². The van der Waals surface area contributed by atoms with Crippen LogP contribution in [0.2, 0.25) is 5.02 Å². The van der Waals surface area contributed by atoms with E-state index in [0.717, 1.165) is 40.6 Å². The number of hydrogen-bond donors (Lipinski definition) is 3. The molecule has 3 N–H and O–H groups in total. The Labute approximate surface area is 201 Å². The number of fused-ring (bicyclic) bond motifs is 1. The van der Waals surface area contributed by atoms with Crippen LogP contribution in [-0.2, 0) is 11.2 Å². The molecule has 0 aliphatic carbocycles. The lowest BCUT2D eigenvalue weighted by Gasteiger charge is -2.15. The van der Waals surface area contributed by atoms with E-state index in [1.165, 1.54) is 0 Å². The third-order valence-corrected chi connectivity index (χ3v) is 5.82. The van der Waals surface area contributed by atoms with Crippen LogP contribution in [0.5, 0.6) is 11.5 Å². The molecule has 0 fully saturated rings. The van der Waals surface area contributed by atoms with E-state index in [2.05, 4.69) is 23.2 Å². The van der Waals surface area contributed by atoms with Crippen LogP contribution in [0.3, 0.4) is 0 Å². The number of aromatic amines is 1. The van der Waals surface area contributed by atoms with Gasteiger partial charge in [0.15, 0.2) is 0 Å². The minimum absolute atomic E-state index is 0.567. The van der Waals surface area contributed by atoms with Crippen molar-refractivity contribution in [2.24, 2.45) is 0 Å². The molecule has 0 spiro atoms. The number of carbonyl (C=O) groups excluding carboxylic acids is 1. The molecule has 0 aliphatic rings. The molecular formula is C26H24ClN3O4. The van der Waals surface area contributed by atoms with Crippen molar-refractivity contribution in [3.05, 3.63) is 76.8 Å². The Morgan fingerprint density at radius 3 is 2.74 bits per heavy atom. The average Bonchev–Trinajstić information content (AvgIpc) is 3.22. The van der Waals surface area contributed by atoms with Gasteiger partial charge in [0, 0.05) is 16.0 Å². The van der Waals surface area contributed by atoms with Crippen LogP contribution in [-0.4, -0.2) is 27.3 Å². The van der Waals surface area contributed by atoms with E-state index in [1.807, 2.05) is 35.6 Å². The van der Waals surface area contributed by atoms with Gasteiger partial charge in [-0.25, -0.2) is 4.79 Å². The van der Waals surface area contributed by atoms with Gasteiger partial charge in [0.05, 0.1) is 17.1 Å². The highest BCUT2D eigenvalue weighted by Crippen LogP contribution is 2.34. The Hall–Kier alpha value is -3.84. The first kappa shape index (κ1) is 23.3. The van der Waals surface area contributed by atoms with Gasteiger partial charge in [-0.05, 0) is 73.0 Å². The number of ether oxygens (including phenoxy) is 1. The number of rotatable bonds is 7. The summed E-state index contributed by atoms with van der Waals surface area (Å²) in [6.07, 6.45) is 0.374. The van der Waals surface area contributed by atoms with Crippen molar-refractivity contribution in [3.8, 4) is 22.8 Å². The van der Waals surface area contributed by atoms with Crippen molar-refractivity contribution in [1.82, 2.24) is 15.5 Å². The molecule has 7 nitrogen and oxygen atoms in total. The van der Waals surface area contributed by atoms with Gasteiger partial charge in [-0.15, -0.1) is 0 Å². The minimum atomic E-state index is -1.37. The zero-order chi connectivity index (χ0) is 24.2. The molecular weight excluding hydrogens is 454 g/mol. The normalized spacial score (nSPS) is 11.9. The summed E-state index contributed by atoms with van der Waals surface area (Å²) in [6.45, 7) is 3.75. The monoisotopic (exact) mass is 477 g/mol. The molecule has 1 unspecified atom stereocenters. The first-order valence-electron chi connectivity index (χ1n) is 10.9. The molecule has 0 saturated heterocycles. The van der Waals surface area contributed by atoms with Crippen LogP contribution in [0.25, 0.3) is 22.2 Å². The lowest BCUT2D eigenvalue weighted by atomic mass is 10.00. The number of H-pyrrole nitrogens is 1. The Kier molecular flexibility index (Phi) is 6.84. The Balaban J connectivity index is 1.62. The maximum absolute atomic E-state index is 12.1. The quantitative estimate of drug-likeness (QED) is 0.281. The standard InChI is InChI=1S/C26H24ClN3O4/c1-3-5-17-12-18(24-21-10-9-19(27)14-22(21)29-30-24)8-11-23(17)34-20-7-4-6-16(13-20)15(2)25(31)28-26(32)33/h4,6-15H,3,5H2,1-2H3,(H,28,31)(H,29,30)(H,32,33). The molecule has 1 atom stereocenters. The molecule has 0 aliphatic heterocycles. The third kappa shape index (κ3) is 5.05. The first-order valence-corrected chi connectivity index (χ1v) is 11.3. The average molecular weight is 478 g/mol. The molecule has 8 heteroatoms. The zero-order valence-corrected chi connectivity index (χ0v) is 19.5. The number of nitrogens with one attached hydrogen (secondary N) is 2. The molecule has 174 valence electrons. The van der Waals surface area contributed by atoms with Crippen molar-refractivity contribution in [1.29, 1.82) is 0 Å². The second-order valence-electron chi connectivity index (χ2n) is 8.03. The molecule has 3 aromatic carbocycles. The second-order valence-corrected chi connectivity index (χ2v) is 8.46. The number of aryl methyl sites for hydroxylation is 1. The fourth-order valence-corrected chi connectivity index (χ4v) is 4.01. The highest BCUT2D eigenvalue weighted by Gasteiger charge is 2.18. The van der Waals surface area contributed by atoms with Gasteiger partial charge in [-0.1, -0.05) is 37.1 Å². The predicted molar refractivity (Wildman–Crippen MR) is 132 cm³/mol. The lowest BCUT2D eigenvalue weighted by Crippen LogP contribution is -2.32. The van der Waals surface area contributed by atoms with Crippen LogP contribution >= 0.6 is 11.6 Å². The van der Waals surface area contributed by atoms with Crippen molar-refractivity contribution in [3.63, 3.8) is 0 Å². The van der Waals surface area contributed by atoms with Gasteiger partial charge >= 0.3 is 6.09 Å². The van der Waals surface area contributed by atoms with Crippen LogP contribution in [0.15, 0.2) is 60.7 Å². The van der Waals surface area contributed by atoms with Crippen LogP contribution in [0.1, 0.15) is 37.3 Å². The number of benzene rings is 3. The fourth-order valence-electron chi connectivity index (χ4n) is 3.84. The highest BCUT2D eigenvalue weighted by atomic mass is 35.5. The molecule has 1 aromatic heterocycles. The van der Waals surface area contributed by atoms with Gasteiger partial charge < -0.3 is 9.84 Å². The molecule has 0 saturated carbocycles. The summed E-state index contributed by atoms with van der Waals surface area (Å²) in [6, 6.07) is 18.7. The number of imide groups is 1. The number of aromatic nitrogens is 2. The Bertz CT molecular complexity index is 1370. The third-order valence-electron chi connectivity index (χ3n) is 5.59. The number of halogens is 1. The van der Waals surface area contributed by atoms with Crippen LogP contribution in [0, 0.1) is 0 Å². The SMILES string of the molecule is CCCc1cc(-c2n[nH]c3cc(Cl)ccc23)ccc1Oc1cccc(C(C)C(=O)NC(=O)O)c1. The summed E-state index contributed by atoms with van der Waals surface area (Å²) in [5.74, 6) is 0.0532. The van der Waals surface area contributed by atoms with E-state index >= 15 is 0 Å². The number of carbonyl (C=O) groups is 2. The molecule has 1 heterocycles. The van der Waals surface area contributed by atoms with Crippen molar-refractivity contribution in [2.75, 3.05) is 0 Å². The second kappa shape index (κ2) is 9.97. The van der Waals surface area contributed by atoms with E-state index < -0.39 is 17.9 Å². The molecule has 2 amide bonds. The molecule has 34 heavy (non-hydrogen) atoms. The maximum atomic E-state index is 12.1. The smallest absolute Gasteiger partial charge is 0.411 e. The maximum Gasteiger partial charge on any atom is 0.411 e. The fraction of sp³-hybridized carbons (Fsp3) is 0.192. The van der Waals surface area contributed by atoms with E-state index in [0.29, 0.717) is 22.1 Å². The molecule has 4 rings (SSSR count). The predicted octanol–water partition coefficient (Wildman–Crippen LogP) is 6.53. The topological polar surface area (TPSA) is 104 Å².